The number of benzene rings is 1. The third-order valence-corrected chi connectivity index (χ3v) is 7.51. The second-order valence-electron chi connectivity index (χ2n) is 10.7. The number of nitrogens with zero attached hydrogens (tertiary/aromatic N) is 5. The minimum absolute atomic E-state index is 0.0188. The molecule has 0 bridgehead atoms. The minimum Gasteiger partial charge on any atom is -0.382 e. The molecule has 0 spiro atoms. The van der Waals surface area contributed by atoms with Gasteiger partial charge in [-0.15, -0.1) is 0 Å². The van der Waals surface area contributed by atoms with Crippen LogP contribution in [0.4, 0.5) is 21.7 Å². The van der Waals surface area contributed by atoms with Crippen molar-refractivity contribution in [3.8, 4) is 11.1 Å². The van der Waals surface area contributed by atoms with Crippen molar-refractivity contribution in [2.75, 3.05) is 30.8 Å². The van der Waals surface area contributed by atoms with Gasteiger partial charge in [0.05, 0.1) is 5.69 Å². The standard InChI is InChI=1S/C28H28FN7O2/c1-15-20(12-31-26-25(15)32-14-28(2,3)27(26)38)19-7-16-9-22(30-11-17(16)8-21(19)29)33-23-10-18-5-6-35(4)24(37)13-36(18)34-23/h7-12,32H,5-6,13-14H2,1-4H3,(H,30,33,34). The number of anilines is 3. The third kappa shape index (κ3) is 3.96. The number of halogens is 1. The van der Waals surface area contributed by atoms with E-state index in [4.69, 9.17) is 0 Å². The second kappa shape index (κ2) is 8.61. The van der Waals surface area contributed by atoms with E-state index in [1.165, 1.54) is 6.07 Å². The average molecular weight is 514 g/mol. The first-order chi connectivity index (χ1) is 18.1. The Morgan fingerprint density at radius 3 is 2.66 bits per heavy atom. The van der Waals surface area contributed by atoms with Crippen LogP contribution in [0.25, 0.3) is 21.9 Å². The number of hydrogen-bond donors (Lipinski definition) is 2. The molecule has 0 saturated carbocycles. The number of nitrogens with one attached hydrogen (secondary N) is 2. The fourth-order valence-corrected chi connectivity index (χ4v) is 5.06. The van der Waals surface area contributed by atoms with Gasteiger partial charge < -0.3 is 15.5 Å². The maximum atomic E-state index is 15.3. The monoisotopic (exact) mass is 513 g/mol. The molecule has 2 aliphatic heterocycles. The summed E-state index contributed by atoms with van der Waals surface area (Å²) in [5.74, 6) is 0.767. The SMILES string of the molecule is Cc1c(-c2cc3cc(Nc4cc5n(n4)CC(=O)N(C)CC5)ncc3cc2F)cnc2c1NCC(C)(C)C2=O. The van der Waals surface area contributed by atoms with Gasteiger partial charge in [0, 0.05) is 72.6 Å². The summed E-state index contributed by atoms with van der Waals surface area (Å²) in [6.45, 7) is 6.99. The molecule has 4 aromatic rings. The normalized spacial score (nSPS) is 16.6. The van der Waals surface area contributed by atoms with E-state index in [1.54, 1.807) is 35.1 Å². The zero-order valence-corrected chi connectivity index (χ0v) is 21.7. The van der Waals surface area contributed by atoms with E-state index in [-0.39, 0.29) is 24.1 Å². The van der Waals surface area contributed by atoms with Crippen molar-refractivity contribution in [3.05, 3.63) is 59.4 Å². The van der Waals surface area contributed by atoms with Gasteiger partial charge in [-0.3, -0.25) is 19.3 Å². The van der Waals surface area contributed by atoms with Gasteiger partial charge >= 0.3 is 0 Å². The molecule has 0 unspecified atom stereocenters. The molecule has 194 valence electrons. The molecule has 0 radical (unpaired) electrons. The summed E-state index contributed by atoms with van der Waals surface area (Å²) in [5.41, 5.74) is 3.29. The molecular weight excluding hydrogens is 485 g/mol. The zero-order valence-electron chi connectivity index (χ0n) is 21.7. The van der Waals surface area contributed by atoms with Crippen LogP contribution in [0.5, 0.6) is 0 Å². The van der Waals surface area contributed by atoms with Crippen LogP contribution in [0.1, 0.15) is 35.6 Å². The Labute approximate surface area is 219 Å². The molecule has 38 heavy (non-hydrogen) atoms. The Morgan fingerprint density at radius 2 is 1.84 bits per heavy atom. The van der Waals surface area contributed by atoms with Gasteiger partial charge in [0.15, 0.2) is 11.6 Å². The highest BCUT2D eigenvalue weighted by Gasteiger charge is 2.36. The lowest BCUT2D eigenvalue weighted by Crippen LogP contribution is -2.38. The van der Waals surface area contributed by atoms with E-state index in [0.717, 1.165) is 23.1 Å². The van der Waals surface area contributed by atoms with Gasteiger partial charge in [-0.2, -0.15) is 5.10 Å². The second-order valence-corrected chi connectivity index (χ2v) is 10.7. The molecule has 5 heterocycles. The Bertz CT molecular complexity index is 1640. The number of fused-ring (bicyclic) bond motifs is 3. The molecule has 1 amide bonds. The first-order valence-electron chi connectivity index (χ1n) is 12.6. The summed E-state index contributed by atoms with van der Waals surface area (Å²) in [6.07, 6.45) is 3.91. The van der Waals surface area contributed by atoms with Crippen LogP contribution in [0.3, 0.4) is 0 Å². The van der Waals surface area contributed by atoms with E-state index >= 15 is 4.39 Å². The lowest BCUT2D eigenvalue weighted by molar-refractivity contribution is -0.130. The fraction of sp³-hybridized carbons (Fsp3) is 0.321. The number of rotatable bonds is 3. The van der Waals surface area contributed by atoms with Crippen molar-refractivity contribution in [1.29, 1.82) is 0 Å². The van der Waals surface area contributed by atoms with Crippen molar-refractivity contribution in [2.45, 2.75) is 33.7 Å². The first-order valence-corrected chi connectivity index (χ1v) is 12.6. The molecule has 1 aromatic carbocycles. The highest BCUT2D eigenvalue weighted by molar-refractivity contribution is 6.06. The number of carbonyl (C=O) groups is 2. The van der Waals surface area contributed by atoms with Crippen molar-refractivity contribution in [2.24, 2.45) is 5.41 Å². The molecule has 6 rings (SSSR count). The molecule has 9 nitrogen and oxygen atoms in total. The summed E-state index contributed by atoms with van der Waals surface area (Å²) in [4.78, 5) is 35.6. The maximum Gasteiger partial charge on any atom is 0.244 e. The Balaban J connectivity index is 1.34. The number of ketones is 1. The van der Waals surface area contributed by atoms with Gasteiger partial charge in [-0.05, 0) is 36.1 Å². The number of Topliss-reactive ketones (excluding diaryl/α,β-unsaturated/α-hetero) is 1. The lowest BCUT2D eigenvalue weighted by Gasteiger charge is -2.31. The average Bonchev–Trinajstić information content (AvgIpc) is 3.19. The van der Waals surface area contributed by atoms with Crippen molar-refractivity contribution in [3.63, 3.8) is 0 Å². The Kier molecular flexibility index (Phi) is 5.44. The van der Waals surface area contributed by atoms with Crippen LogP contribution in [0.15, 0.2) is 36.7 Å². The van der Waals surface area contributed by atoms with E-state index < -0.39 is 5.41 Å². The van der Waals surface area contributed by atoms with Gasteiger partial charge in [0.1, 0.15) is 23.9 Å². The van der Waals surface area contributed by atoms with Crippen LogP contribution < -0.4 is 10.6 Å². The lowest BCUT2D eigenvalue weighted by atomic mass is 9.81. The zero-order chi connectivity index (χ0) is 26.8. The Hall–Kier alpha value is -4.34. The van der Waals surface area contributed by atoms with Crippen LogP contribution >= 0.6 is 0 Å². The van der Waals surface area contributed by atoms with Crippen molar-refractivity contribution in [1.82, 2.24) is 24.6 Å². The smallest absolute Gasteiger partial charge is 0.244 e. The predicted octanol–water partition coefficient (Wildman–Crippen LogP) is 4.33. The molecule has 10 heteroatoms. The summed E-state index contributed by atoms with van der Waals surface area (Å²) < 4.78 is 17.0. The van der Waals surface area contributed by atoms with Gasteiger partial charge in [0.25, 0.3) is 0 Å². The molecule has 3 aromatic heterocycles. The topological polar surface area (TPSA) is 105 Å². The maximum absolute atomic E-state index is 15.3. The summed E-state index contributed by atoms with van der Waals surface area (Å²) in [6, 6.07) is 7.00. The minimum atomic E-state index is -0.544. The van der Waals surface area contributed by atoms with Gasteiger partial charge in [0.2, 0.25) is 5.91 Å². The Morgan fingerprint density at radius 1 is 1.03 bits per heavy atom. The molecular formula is C28H28FN7O2. The summed E-state index contributed by atoms with van der Waals surface area (Å²) in [5, 5.41) is 12.5. The number of carbonyl (C=O) groups excluding carboxylic acids is 2. The number of aromatic nitrogens is 4. The molecule has 0 saturated heterocycles. The molecule has 0 atom stereocenters. The predicted molar refractivity (Wildman–Crippen MR) is 143 cm³/mol. The molecule has 0 fully saturated rings. The largest absolute Gasteiger partial charge is 0.382 e. The number of likely N-dealkylation sites (N-methyl/N-ethyl adjacent to an activating group) is 1. The number of pyridine rings is 2. The van der Waals surface area contributed by atoms with Gasteiger partial charge in [-0.1, -0.05) is 13.8 Å². The van der Waals surface area contributed by atoms with Crippen LogP contribution in [0, 0.1) is 18.2 Å². The quantitative estimate of drug-likeness (QED) is 0.420. The summed E-state index contributed by atoms with van der Waals surface area (Å²) >= 11 is 0. The van der Waals surface area contributed by atoms with E-state index in [1.807, 2.05) is 32.9 Å². The fourth-order valence-electron chi connectivity index (χ4n) is 5.06. The van der Waals surface area contributed by atoms with Crippen molar-refractivity contribution >= 4 is 39.8 Å². The van der Waals surface area contributed by atoms with Gasteiger partial charge in [-0.25, -0.2) is 9.37 Å². The third-order valence-electron chi connectivity index (χ3n) is 7.51. The molecule has 2 aliphatic rings. The molecule has 0 aliphatic carbocycles. The summed E-state index contributed by atoms with van der Waals surface area (Å²) in [7, 11) is 1.79. The first kappa shape index (κ1) is 24.0. The van der Waals surface area contributed by atoms with Crippen LogP contribution in [-0.2, 0) is 17.8 Å². The van der Waals surface area contributed by atoms with Crippen LogP contribution in [-0.4, -0.2) is 56.5 Å². The van der Waals surface area contributed by atoms with Crippen molar-refractivity contribution < 1.29 is 14.0 Å². The number of hydrogen-bond acceptors (Lipinski definition) is 7. The van der Waals surface area contributed by atoms with Crippen LogP contribution in [0.2, 0.25) is 0 Å². The highest BCUT2D eigenvalue weighted by atomic mass is 19.1. The highest BCUT2D eigenvalue weighted by Crippen LogP contribution is 2.38. The number of amides is 1. The van der Waals surface area contributed by atoms with E-state index in [9.17, 15) is 9.59 Å². The molecule has 2 N–H and O–H groups in total. The van der Waals surface area contributed by atoms with E-state index in [2.05, 4.69) is 25.7 Å². The van der Waals surface area contributed by atoms with E-state index in [0.29, 0.717) is 52.6 Å².